The Bertz CT molecular complexity index is 1140. The van der Waals surface area contributed by atoms with Crippen LogP contribution in [0.25, 0.3) is 0 Å². The van der Waals surface area contributed by atoms with Crippen molar-refractivity contribution in [1.82, 2.24) is 4.98 Å². The number of benzene rings is 2. The normalized spacial score (nSPS) is 11.1. The molecule has 219 valence electrons. The molecule has 0 aliphatic carbocycles. The second kappa shape index (κ2) is 19.4. The molecule has 0 saturated heterocycles. The molecular formula is C33H43Cl3FeN3. The summed E-state index contributed by atoms with van der Waals surface area (Å²) in [6.45, 7) is 17.4. The number of pyridine rings is 1. The van der Waals surface area contributed by atoms with E-state index in [1.807, 2.05) is 0 Å². The molecular weight excluding hydrogens is 601 g/mol. The fraction of sp³-hybridized carbons (Fsp3) is 0.424. The van der Waals surface area contributed by atoms with E-state index in [0.29, 0.717) is 0 Å². The first-order valence-corrected chi connectivity index (χ1v) is 13.8. The maximum atomic E-state index is 5.12. The van der Waals surface area contributed by atoms with Gasteiger partial charge >= 0.3 is 17.1 Å². The third kappa shape index (κ3) is 9.71. The molecule has 0 N–H and O–H groups in total. The predicted molar refractivity (Wildman–Crippen MR) is 157 cm³/mol. The van der Waals surface area contributed by atoms with Crippen LogP contribution >= 0.6 is 0 Å². The summed E-state index contributed by atoms with van der Waals surface area (Å²) in [6, 6.07) is 15.4. The zero-order valence-corrected chi connectivity index (χ0v) is 28.5. The fourth-order valence-electron chi connectivity index (χ4n) is 4.73. The minimum absolute atomic E-state index is 0. The Labute approximate surface area is 271 Å². The van der Waals surface area contributed by atoms with Crippen molar-refractivity contribution in [2.45, 2.75) is 93.9 Å². The van der Waals surface area contributed by atoms with Gasteiger partial charge < -0.3 is 37.2 Å². The number of nitrogens with zero attached hydrogens (tertiary/aromatic N) is 3. The first kappa shape index (κ1) is 40.5. The molecule has 0 unspecified atom stereocenters. The van der Waals surface area contributed by atoms with Crippen LogP contribution in [0.2, 0.25) is 0 Å². The van der Waals surface area contributed by atoms with Gasteiger partial charge in [-0.25, -0.2) is 4.98 Å². The van der Waals surface area contributed by atoms with E-state index in [1.54, 1.807) is 0 Å². The molecule has 0 atom stereocenters. The molecule has 3 rings (SSSR count). The van der Waals surface area contributed by atoms with Gasteiger partial charge in [0.05, 0.1) is 34.2 Å². The van der Waals surface area contributed by atoms with Gasteiger partial charge in [0.25, 0.3) is 0 Å². The second-order valence-corrected chi connectivity index (χ2v) is 9.45. The van der Waals surface area contributed by atoms with Crippen LogP contribution in [-0.2, 0) is 55.6 Å². The van der Waals surface area contributed by atoms with Crippen LogP contribution in [0, 0.1) is 0 Å². The van der Waals surface area contributed by atoms with Crippen molar-refractivity contribution in [2.24, 2.45) is 9.98 Å². The SMILES string of the molecule is CCc1cc(CC)c(N=C(C)c2cccc(C(C)=Nc3c(CC)cc(CC)cc3CC)n2)c(CC)c1.[Cl-].[Cl-].[Cl-].[Fe+3]. The molecule has 1 aromatic heterocycles. The molecule has 0 aliphatic rings. The van der Waals surface area contributed by atoms with Crippen LogP contribution in [0.15, 0.2) is 52.4 Å². The van der Waals surface area contributed by atoms with Gasteiger partial charge in [0.15, 0.2) is 0 Å². The number of aliphatic imine (C=N–C) groups is 2. The van der Waals surface area contributed by atoms with Crippen molar-refractivity contribution < 1.29 is 54.3 Å². The summed E-state index contributed by atoms with van der Waals surface area (Å²) in [6.07, 6.45) is 5.99. The molecule has 2 aromatic carbocycles. The molecule has 0 spiro atoms. The van der Waals surface area contributed by atoms with Gasteiger partial charge in [0, 0.05) is 0 Å². The number of aromatic nitrogens is 1. The smallest absolute Gasteiger partial charge is 1.00 e. The van der Waals surface area contributed by atoms with Crippen LogP contribution < -0.4 is 37.2 Å². The molecule has 1 radical (unpaired) electrons. The topological polar surface area (TPSA) is 37.6 Å². The summed E-state index contributed by atoms with van der Waals surface area (Å²) in [5, 5.41) is 0. The van der Waals surface area contributed by atoms with Gasteiger partial charge in [-0.2, -0.15) is 0 Å². The Balaban J connectivity index is 0. The maximum Gasteiger partial charge on any atom is 3.00 e. The summed E-state index contributed by atoms with van der Waals surface area (Å²) >= 11 is 0. The Morgan fingerprint density at radius 1 is 0.550 bits per heavy atom. The number of aryl methyl sites for hydroxylation is 6. The molecule has 0 amide bonds. The van der Waals surface area contributed by atoms with Crippen molar-refractivity contribution in [3.05, 3.63) is 87.2 Å². The maximum absolute atomic E-state index is 5.12. The van der Waals surface area contributed by atoms with Crippen molar-refractivity contribution in [3.8, 4) is 0 Å². The molecule has 1 heterocycles. The largest absolute Gasteiger partial charge is 3.00 e. The van der Waals surface area contributed by atoms with Crippen LogP contribution in [0.3, 0.4) is 0 Å². The molecule has 0 aliphatic heterocycles. The van der Waals surface area contributed by atoms with E-state index in [9.17, 15) is 0 Å². The van der Waals surface area contributed by atoms with E-state index >= 15 is 0 Å². The van der Waals surface area contributed by atoms with E-state index in [0.717, 1.165) is 72.7 Å². The molecule has 0 fully saturated rings. The van der Waals surface area contributed by atoms with E-state index in [-0.39, 0.29) is 54.3 Å². The second-order valence-electron chi connectivity index (χ2n) is 9.45. The van der Waals surface area contributed by atoms with Gasteiger partial charge in [-0.1, -0.05) is 71.9 Å². The van der Waals surface area contributed by atoms with Crippen LogP contribution in [0.5, 0.6) is 0 Å². The van der Waals surface area contributed by atoms with Crippen molar-refractivity contribution in [1.29, 1.82) is 0 Å². The van der Waals surface area contributed by atoms with Gasteiger partial charge in [-0.15, -0.1) is 0 Å². The van der Waals surface area contributed by atoms with E-state index in [2.05, 4.69) is 97.9 Å². The zero-order chi connectivity index (χ0) is 26.2. The number of rotatable bonds is 10. The monoisotopic (exact) mass is 642 g/mol. The van der Waals surface area contributed by atoms with Crippen LogP contribution in [-0.4, -0.2) is 16.4 Å². The molecule has 7 heteroatoms. The number of halogens is 3. The number of hydrogen-bond acceptors (Lipinski definition) is 3. The first-order valence-electron chi connectivity index (χ1n) is 13.8. The standard InChI is InChI=1S/C33H43N3.3ClH.Fe/c1-9-24-18-26(11-3)32(27(12-4)19-24)34-22(7)30-16-15-17-31(36-30)23(8)35-33-28(13-5)20-25(10-2)21-29(33)14-6;;;;/h15-21H,9-14H2,1-8H3;3*1H;/q;;;;+3/p-3. The average Bonchev–Trinajstić information content (AvgIpc) is 2.92. The van der Waals surface area contributed by atoms with Gasteiger partial charge in [0.2, 0.25) is 0 Å². The number of hydrogen-bond donors (Lipinski definition) is 0. The third-order valence-electron chi connectivity index (χ3n) is 7.04. The van der Waals surface area contributed by atoms with Crippen LogP contribution in [0.1, 0.15) is 100 Å². The van der Waals surface area contributed by atoms with E-state index < -0.39 is 0 Å². The van der Waals surface area contributed by atoms with Crippen LogP contribution in [0.4, 0.5) is 11.4 Å². The molecule has 0 bridgehead atoms. The average molecular weight is 644 g/mol. The Kier molecular flexibility index (Phi) is 19.7. The van der Waals surface area contributed by atoms with E-state index in [1.165, 1.54) is 33.4 Å². The van der Waals surface area contributed by atoms with Crippen molar-refractivity contribution in [3.63, 3.8) is 0 Å². The quantitative estimate of drug-likeness (QED) is 0.222. The predicted octanol–water partition coefficient (Wildman–Crippen LogP) is -0.253. The van der Waals surface area contributed by atoms with Gasteiger partial charge in [-0.3, -0.25) is 9.98 Å². The minimum Gasteiger partial charge on any atom is -1.00 e. The van der Waals surface area contributed by atoms with E-state index in [4.69, 9.17) is 15.0 Å². The minimum atomic E-state index is 0. The molecule has 40 heavy (non-hydrogen) atoms. The molecule has 0 saturated carbocycles. The van der Waals surface area contributed by atoms with Gasteiger partial charge in [0.1, 0.15) is 0 Å². The fourth-order valence-corrected chi connectivity index (χ4v) is 4.73. The zero-order valence-electron chi connectivity index (χ0n) is 25.1. The van der Waals surface area contributed by atoms with Gasteiger partial charge in [-0.05, 0) is 97.9 Å². The van der Waals surface area contributed by atoms with Crippen molar-refractivity contribution >= 4 is 22.8 Å². The molecule has 3 aromatic rings. The Morgan fingerprint density at radius 3 is 1.10 bits per heavy atom. The third-order valence-corrected chi connectivity index (χ3v) is 7.04. The summed E-state index contributed by atoms with van der Waals surface area (Å²) in [7, 11) is 0. The van der Waals surface area contributed by atoms with Crippen molar-refractivity contribution in [2.75, 3.05) is 0 Å². The Hall–Kier alpha value is -1.68. The summed E-state index contributed by atoms with van der Waals surface area (Å²) in [5.41, 5.74) is 13.9. The summed E-state index contributed by atoms with van der Waals surface area (Å²) < 4.78 is 0. The Morgan fingerprint density at radius 2 is 0.850 bits per heavy atom. The summed E-state index contributed by atoms with van der Waals surface area (Å²) in [4.78, 5) is 15.2. The summed E-state index contributed by atoms with van der Waals surface area (Å²) in [5.74, 6) is 0. The molecule has 3 nitrogen and oxygen atoms in total. The first-order chi connectivity index (χ1) is 17.4.